The van der Waals surface area contributed by atoms with Crippen molar-refractivity contribution in [1.82, 2.24) is 34.2 Å². The summed E-state index contributed by atoms with van der Waals surface area (Å²) in [6.45, 7) is 17.7. The fourth-order valence-corrected chi connectivity index (χ4v) is 7.65. The molecule has 2 aliphatic rings. The lowest BCUT2D eigenvalue weighted by Crippen LogP contribution is -2.48. The molecule has 0 spiro atoms. The zero-order valence-electron chi connectivity index (χ0n) is 31.7. The van der Waals surface area contributed by atoms with E-state index in [0.717, 1.165) is 56.1 Å². The Morgan fingerprint density at radius 3 is 2.25 bits per heavy atom. The average molecular weight is 742 g/mol. The fourth-order valence-electron chi connectivity index (χ4n) is 7.12. The number of amides is 1. The van der Waals surface area contributed by atoms with E-state index in [1.165, 1.54) is 26.0 Å². The summed E-state index contributed by atoms with van der Waals surface area (Å²) < 4.78 is 17.2. The lowest BCUT2D eigenvalue weighted by Gasteiger charge is -2.36. The van der Waals surface area contributed by atoms with Crippen LogP contribution in [0, 0.1) is 5.82 Å². The molecule has 282 valence electrons. The minimum Gasteiger partial charge on any atom is -0.348 e. The molecule has 10 nitrogen and oxygen atoms in total. The number of pyridine rings is 1. The van der Waals surface area contributed by atoms with Crippen LogP contribution in [0.2, 0.25) is 0 Å². The molecule has 1 saturated carbocycles. The Bertz CT molecular complexity index is 2060. The van der Waals surface area contributed by atoms with Crippen molar-refractivity contribution in [3.63, 3.8) is 0 Å². The Morgan fingerprint density at radius 1 is 0.906 bits per heavy atom. The standard InChI is InChI=1S/C37H40FN7O3S.2C2H6/c1-24(2)43-16-14-42(15-17-43)21-25-6-8-26(9-7-25)27-4-3-5-31(18-27)44-34-32(19-28(38)20-39-34)36(47)45(37(44)48)30-12-10-29(11-13-30)41-35(46)33-22-49-23-40-33;2*1-2/h3-9,18-20,22-24,29-30H,10-17,21H2,1-2H3,(H,41,46);2*1-2H3. The first-order chi connectivity index (χ1) is 25.7. The van der Waals surface area contributed by atoms with Crippen molar-refractivity contribution in [3.8, 4) is 16.8 Å². The minimum atomic E-state index is -0.648. The number of halogens is 1. The Kier molecular flexibility index (Phi) is 13.8. The maximum Gasteiger partial charge on any atom is 0.337 e. The van der Waals surface area contributed by atoms with Crippen LogP contribution in [0.5, 0.6) is 0 Å². The fraction of sp³-hybridized carbons (Fsp3) is 0.439. The zero-order chi connectivity index (χ0) is 38.1. The van der Waals surface area contributed by atoms with Crippen LogP contribution in [0.15, 0.2) is 81.3 Å². The van der Waals surface area contributed by atoms with Gasteiger partial charge in [-0.15, -0.1) is 11.3 Å². The van der Waals surface area contributed by atoms with Gasteiger partial charge in [-0.1, -0.05) is 64.1 Å². The van der Waals surface area contributed by atoms with E-state index in [1.807, 2.05) is 45.9 Å². The van der Waals surface area contributed by atoms with Crippen molar-refractivity contribution in [1.29, 1.82) is 0 Å². The highest BCUT2D eigenvalue weighted by Crippen LogP contribution is 2.29. The van der Waals surface area contributed by atoms with Crippen LogP contribution >= 0.6 is 11.3 Å². The average Bonchev–Trinajstić information content (AvgIpc) is 3.74. The number of thiazole rings is 1. The Balaban J connectivity index is 0.00000131. The first-order valence-electron chi connectivity index (χ1n) is 18.9. The monoisotopic (exact) mass is 741 g/mol. The van der Waals surface area contributed by atoms with Crippen LogP contribution in [0.25, 0.3) is 27.8 Å². The van der Waals surface area contributed by atoms with E-state index in [9.17, 15) is 18.8 Å². The molecule has 2 aromatic carbocycles. The number of carbonyl (C=O) groups excluding carboxylic acids is 1. The molecule has 1 saturated heterocycles. The summed E-state index contributed by atoms with van der Waals surface area (Å²) in [5.41, 5.74) is 4.72. The molecule has 53 heavy (non-hydrogen) atoms. The smallest absolute Gasteiger partial charge is 0.337 e. The van der Waals surface area contributed by atoms with Crippen molar-refractivity contribution >= 4 is 28.3 Å². The number of benzene rings is 2. The van der Waals surface area contributed by atoms with Gasteiger partial charge in [0.2, 0.25) is 0 Å². The summed E-state index contributed by atoms with van der Waals surface area (Å²) in [4.78, 5) is 53.9. The lowest BCUT2D eigenvalue weighted by atomic mass is 9.90. The molecule has 1 amide bonds. The van der Waals surface area contributed by atoms with Gasteiger partial charge in [0, 0.05) is 56.2 Å². The van der Waals surface area contributed by atoms with Gasteiger partial charge in [-0.3, -0.25) is 24.0 Å². The first-order valence-corrected chi connectivity index (χ1v) is 19.9. The van der Waals surface area contributed by atoms with Crippen LogP contribution in [-0.2, 0) is 6.54 Å². The van der Waals surface area contributed by atoms with Crippen molar-refractivity contribution in [2.45, 2.75) is 91.9 Å². The van der Waals surface area contributed by atoms with Gasteiger partial charge in [0.05, 0.1) is 22.8 Å². The molecule has 3 aromatic heterocycles. The second kappa shape index (κ2) is 18.5. The SMILES string of the molecule is CC.CC.CC(C)N1CCN(Cc2ccc(-c3cccc(-n4c(=O)n(C5CCC(NC(=O)c6cscn6)CC5)c(=O)c5cc(F)cnc54)c3)cc2)CC1. The highest BCUT2D eigenvalue weighted by molar-refractivity contribution is 7.07. The number of fused-ring (bicyclic) bond motifs is 1. The Morgan fingerprint density at radius 2 is 1.60 bits per heavy atom. The molecular formula is C41H52FN7O3S. The maximum atomic E-state index is 14.5. The maximum absolute atomic E-state index is 14.5. The van der Waals surface area contributed by atoms with Crippen molar-refractivity contribution in [2.24, 2.45) is 0 Å². The van der Waals surface area contributed by atoms with Crippen LogP contribution in [-0.4, -0.2) is 73.1 Å². The molecule has 12 heteroatoms. The molecular weight excluding hydrogens is 690 g/mol. The van der Waals surface area contributed by atoms with Crippen LogP contribution in [0.3, 0.4) is 0 Å². The van der Waals surface area contributed by atoms with Gasteiger partial charge < -0.3 is 5.32 Å². The van der Waals surface area contributed by atoms with E-state index in [0.29, 0.717) is 43.1 Å². The number of aromatic nitrogens is 4. The third kappa shape index (κ3) is 9.17. The van der Waals surface area contributed by atoms with Crippen LogP contribution in [0.1, 0.15) is 89.3 Å². The quantitative estimate of drug-likeness (QED) is 0.178. The third-order valence-electron chi connectivity index (χ3n) is 9.89. The van der Waals surface area contributed by atoms with Gasteiger partial charge >= 0.3 is 5.69 Å². The third-order valence-corrected chi connectivity index (χ3v) is 10.5. The van der Waals surface area contributed by atoms with E-state index < -0.39 is 23.1 Å². The molecule has 5 aromatic rings. The molecule has 2 fully saturated rings. The van der Waals surface area contributed by atoms with Crippen molar-refractivity contribution < 1.29 is 9.18 Å². The lowest BCUT2D eigenvalue weighted by molar-refractivity contribution is 0.0917. The first kappa shape index (κ1) is 39.7. The Hall–Kier alpha value is -4.52. The second-order valence-corrected chi connectivity index (χ2v) is 14.0. The summed E-state index contributed by atoms with van der Waals surface area (Å²) in [6, 6.07) is 17.3. The predicted octanol–water partition coefficient (Wildman–Crippen LogP) is 7.30. The number of carbonyl (C=O) groups is 1. The van der Waals surface area contributed by atoms with E-state index >= 15 is 0 Å². The number of hydrogen-bond donors (Lipinski definition) is 1. The Labute approximate surface area is 315 Å². The van der Waals surface area contributed by atoms with Gasteiger partial charge in [0.15, 0.2) is 5.65 Å². The molecule has 0 radical (unpaired) electrons. The number of nitrogens with one attached hydrogen (secondary N) is 1. The summed E-state index contributed by atoms with van der Waals surface area (Å²) in [5, 5.41) is 4.76. The van der Waals surface area contributed by atoms with Crippen molar-refractivity contribution in [2.75, 3.05) is 26.2 Å². The van der Waals surface area contributed by atoms with Gasteiger partial charge in [-0.25, -0.2) is 23.7 Å². The molecule has 0 unspecified atom stereocenters. The van der Waals surface area contributed by atoms with Gasteiger partial charge in [0.1, 0.15) is 11.5 Å². The minimum absolute atomic E-state index is 0.0440. The zero-order valence-corrected chi connectivity index (χ0v) is 32.5. The van der Waals surface area contributed by atoms with E-state index in [-0.39, 0.29) is 23.0 Å². The summed E-state index contributed by atoms with van der Waals surface area (Å²) >= 11 is 1.36. The second-order valence-electron chi connectivity index (χ2n) is 13.3. The number of hydrogen-bond acceptors (Lipinski definition) is 8. The summed E-state index contributed by atoms with van der Waals surface area (Å²) in [5.74, 6) is -0.878. The highest BCUT2D eigenvalue weighted by Gasteiger charge is 2.28. The van der Waals surface area contributed by atoms with Crippen LogP contribution < -0.4 is 16.6 Å². The molecule has 0 atom stereocenters. The van der Waals surface area contributed by atoms with E-state index in [4.69, 9.17) is 0 Å². The van der Waals surface area contributed by atoms with E-state index in [2.05, 4.69) is 63.2 Å². The molecule has 0 bridgehead atoms. The topological polar surface area (TPSA) is 105 Å². The summed E-state index contributed by atoms with van der Waals surface area (Å²) in [7, 11) is 0. The predicted molar refractivity (Wildman–Crippen MR) is 213 cm³/mol. The highest BCUT2D eigenvalue weighted by atomic mass is 32.1. The number of piperazine rings is 1. The van der Waals surface area contributed by atoms with Gasteiger partial charge in [0.25, 0.3) is 11.5 Å². The van der Waals surface area contributed by atoms with Crippen LogP contribution in [0.4, 0.5) is 4.39 Å². The van der Waals surface area contributed by atoms with E-state index in [1.54, 1.807) is 17.0 Å². The molecule has 1 aliphatic carbocycles. The molecule has 1 N–H and O–H groups in total. The molecule has 7 rings (SSSR count). The van der Waals surface area contributed by atoms with Gasteiger partial charge in [-0.2, -0.15) is 0 Å². The van der Waals surface area contributed by atoms with Gasteiger partial charge in [-0.05, 0) is 74.4 Å². The number of nitrogens with zero attached hydrogens (tertiary/aromatic N) is 6. The number of rotatable bonds is 8. The largest absolute Gasteiger partial charge is 0.348 e. The molecule has 4 heterocycles. The normalized spacial score (nSPS) is 17.8. The molecule has 1 aliphatic heterocycles. The summed E-state index contributed by atoms with van der Waals surface area (Å²) in [6.07, 6.45) is 3.22. The van der Waals surface area contributed by atoms with Crippen molar-refractivity contribution in [3.05, 3.63) is 110 Å².